The summed E-state index contributed by atoms with van der Waals surface area (Å²) in [6.07, 6.45) is 1.35. The lowest BCUT2D eigenvalue weighted by molar-refractivity contribution is -0.163. The Morgan fingerprint density at radius 1 is 1.04 bits per heavy atom. The largest absolute Gasteiger partial charge is 0.469 e. The average Bonchev–Trinajstić information content (AvgIpc) is 2.54. The smallest absolute Gasteiger partial charge is 0.305 e. The van der Waals surface area contributed by atoms with Crippen molar-refractivity contribution < 1.29 is 24.1 Å². The summed E-state index contributed by atoms with van der Waals surface area (Å²) in [7, 11) is -1.02. The Hall–Kier alpha value is -0.216. The van der Waals surface area contributed by atoms with E-state index in [1.54, 1.807) is 0 Å². The van der Waals surface area contributed by atoms with Crippen LogP contribution in [-0.2, 0) is 19.0 Å². The second-order valence-corrected chi connectivity index (χ2v) is 21.9. The predicted octanol–water partition coefficient (Wildman–Crippen LogP) is 4.80. The van der Waals surface area contributed by atoms with Crippen LogP contribution in [0, 0.1) is 5.92 Å². The van der Waals surface area contributed by atoms with E-state index >= 15 is 0 Å². The van der Waals surface area contributed by atoms with Gasteiger partial charge in [-0.1, -0.05) is 46.2 Å². The maximum atomic E-state index is 11.8. The third-order valence-corrected chi connectivity index (χ3v) is 8.60. The molecule has 0 spiro atoms. The summed E-state index contributed by atoms with van der Waals surface area (Å²) in [6.45, 7) is 19.7. The molecule has 5 nitrogen and oxygen atoms in total. The van der Waals surface area contributed by atoms with E-state index in [-0.39, 0.29) is 24.6 Å². The zero-order valence-corrected chi connectivity index (χ0v) is 21.9. The first kappa shape index (κ1) is 27.8. The van der Waals surface area contributed by atoms with Crippen LogP contribution in [0.1, 0.15) is 33.1 Å². The number of esters is 1. The van der Waals surface area contributed by atoms with Crippen molar-refractivity contribution in [1.82, 2.24) is 0 Å². The maximum absolute atomic E-state index is 11.8. The molecule has 0 saturated carbocycles. The lowest BCUT2D eigenvalue weighted by atomic mass is 9.84. The van der Waals surface area contributed by atoms with E-state index in [0.29, 0.717) is 32.5 Å². The zero-order valence-electron chi connectivity index (χ0n) is 19.9. The van der Waals surface area contributed by atoms with Crippen LogP contribution in [0.4, 0.5) is 0 Å². The van der Waals surface area contributed by atoms with Crippen molar-refractivity contribution in [1.29, 1.82) is 0 Å². The molecule has 7 heteroatoms. The number of hydrogen-bond donors (Lipinski definition) is 1. The third-order valence-electron chi connectivity index (χ3n) is 5.19. The first-order chi connectivity index (χ1) is 12.7. The first-order valence-electron chi connectivity index (χ1n) is 10.7. The molecule has 28 heavy (non-hydrogen) atoms. The minimum atomic E-state index is -1.23. The monoisotopic (exact) mass is 434 g/mol. The van der Waals surface area contributed by atoms with E-state index in [4.69, 9.17) is 14.2 Å². The molecule has 0 bridgehead atoms. The fourth-order valence-electron chi connectivity index (χ4n) is 3.13. The van der Waals surface area contributed by atoms with Gasteiger partial charge < -0.3 is 19.3 Å². The molecule has 1 N–H and O–H groups in total. The molecule has 0 heterocycles. The van der Waals surface area contributed by atoms with Gasteiger partial charge in [0.1, 0.15) is 0 Å². The second-order valence-electron chi connectivity index (χ2n) is 10.6. The summed E-state index contributed by atoms with van der Waals surface area (Å²) in [5.41, 5.74) is -0.581. The van der Waals surface area contributed by atoms with Crippen molar-refractivity contribution in [2.24, 2.45) is 5.92 Å². The van der Waals surface area contributed by atoms with Gasteiger partial charge in [0.15, 0.2) is 0 Å². The Labute approximate surface area is 175 Å². The van der Waals surface area contributed by atoms with E-state index in [9.17, 15) is 9.90 Å². The van der Waals surface area contributed by atoms with Crippen LogP contribution in [-0.4, -0.2) is 65.9 Å². The van der Waals surface area contributed by atoms with Crippen LogP contribution in [0.3, 0.4) is 0 Å². The second kappa shape index (κ2) is 12.5. The first-order valence-corrected chi connectivity index (χ1v) is 18.1. The van der Waals surface area contributed by atoms with Gasteiger partial charge in [0, 0.05) is 42.4 Å². The fourth-order valence-corrected chi connectivity index (χ4v) is 4.57. The molecule has 0 aliphatic carbocycles. The number of carbonyl (C=O) groups is 1. The molecular weight excluding hydrogens is 388 g/mol. The Kier molecular flexibility index (Phi) is 12.4. The number of carbonyl (C=O) groups excluding carboxylic acids is 1. The fraction of sp³-hybridized carbons (Fsp3) is 0.952. The number of aliphatic hydroxyl groups excluding tert-OH is 1. The summed E-state index contributed by atoms with van der Waals surface area (Å²) >= 11 is 0. The van der Waals surface area contributed by atoms with Gasteiger partial charge in [-0.25, -0.2) is 0 Å². The van der Waals surface area contributed by atoms with Crippen LogP contribution in [0.2, 0.25) is 51.4 Å². The van der Waals surface area contributed by atoms with Gasteiger partial charge in [0.25, 0.3) is 0 Å². The molecular formula is C21H46O5Si2. The highest BCUT2D eigenvalue weighted by molar-refractivity contribution is 6.76. The third kappa shape index (κ3) is 12.4. The maximum Gasteiger partial charge on any atom is 0.305 e. The number of hydrogen-bond acceptors (Lipinski definition) is 5. The Bertz CT molecular complexity index is 445. The van der Waals surface area contributed by atoms with Crippen molar-refractivity contribution >= 4 is 22.1 Å². The van der Waals surface area contributed by atoms with Crippen LogP contribution in [0.25, 0.3) is 0 Å². The van der Waals surface area contributed by atoms with Crippen molar-refractivity contribution in [3.8, 4) is 0 Å². The van der Waals surface area contributed by atoms with Gasteiger partial charge in [-0.3, -0.25) is 4.79 Å². The highest BCUT2D eigenvalue weighted by Gasteiger charge is 2.40. The number of methoxy groups -OCH3 is 1. The molecule has 0 radical (unpaired) electrons. The van der Waals surface area contributed by atoms with Gasteiger partial charge in [0.2, 0.25) is 0 Å². The van der Waals surface area contributed by atoms with E-state index in [1.165, 1.54) is 7.11 Å². The standard InChI is InChI=1S/C21H46O5Si2/c1-18(11-13-22)20(25-14-16-27(4,5)6)21(2,12-10-19(23)24-3)26-15-17-28(7,8)9/h18,20,22H,10-17H2,1-9H3/t18-,20-,21+/m0/s1. The molecule has 0 saturated heterocycles. The lowest BCUT2D eigenvalue weighted by Crippen LogP contribution is -2.49. The van der Waals surface area contributed by atoms with Gasteiger partial charge in [0.05, 0.1) is 18.8 Å². The van der Waals surface area contributed by atoms with Gasteiger partial charge >= 0.3 is 5.97 Å². The van der Waals surface area contributed by atoms with Crippen LogP contribution >= 0.6 is 0 Å². The number of aliphatic hydroxyl groups is 1. The molecule has 168 valence electrons. The summed E-state index contributed by atoms with van der Waals surface area (Å²) in [4.78, 5) is 11.8. The predicted molar refractivity (Wildman–Crippen MR) is 123 cm³/mol. The quantitative estimate of drug-likeness (QED) is 0.296. The number of rotatable bonds is 15. The molecule has 0 aliphatic heterocycles. The highest BCUT2D eigenvalue weighted by Crippen LogP contribution is 2.32. The van der Waals surface area contributed by atoms with Crippen molar-refractivity contribution in [2.75, 3.05) is 26.9 Å². The van der Waals surface area contributed by atoms with Crippen molar-refractivity contribution in [2.45, 2.75) is 96.2 Å². The minimum Gasteiger partial charge on any atom is -0.469 e. The molecule has 0 aliphatic rings. The van der Waals surface area contributed by atoms with E-state index in [0.717, 1.165) is 12.1 Å². The Balaban J connectivity index is 5.40. The number of ether oxygens (including phenoxy) is 3. The van der Waals surface area contributed by atoms with E-state index in [1.807, 2.05) is 0 Å². The molecule has 0 aromatic carbocycles. The summed E-state index contributed by atoms with van der Waals surface area (Å²) in [6, 6.07) is 2.15. The molecule has 3 atom stereocenters. The SMILES string of the molecule is COC(=O)CC[C@@](C)(OCC[Si](C)(C)C)[C@@H](OCC[Si](C)(C)C)[C@@H](C)CCO. The highest BCUT2D eigenvalue weighted by atomic mass is 28.3. The normalized spacial score (nSPS) is 17.1. The van der Waals surface area contributed by atoms with Crippen molar-refractivity contribution in [3.63, 3.8) is 0 Å². The summed E-state index contributed by atoms with van der Waals surface area (Å²) in [5.74, 6) is -0.0863. The Morgan fingerprint density at radius 3 is 2.04 bits per heavy atom. The summed E-state index contributed by atoms with van der Waals surface area (Å²) < 4.78 is 17.7. The van der Waals surface area contributed by atoms with E-state index in [2.05, 4.69) is 53.1 Å². The summed E-state index contributed by atoms with van der Waals surface area (Å²) in [5, 5.41) is 9.49. The van der Waals surface area contributed by atoms with Gasteiger partial charge in [-0.05, 0) is 37.8 Å². The average molecular weight is 435 g/mol. The molecule has 0 aromatic heterocycles. The van der Waals surface area contributed by atoms with Crippen LogP contribution < -0.4 is 0 Å². The lowest BCUT2D eigenvalue weighted by Gasteiger charge is -2.41. The van der Waals surface area contributed by atoms with Gasteiger partial charge in [-0.15, -0.1) is 0 Å². The van der Waals surface area contributed by atoms with E-state index < -0.39 is 21.7 Å². The van der Waals surface area contributed by atoms with Crippen LogP contribution in [0.15, 0.2) is 0 Å². The molecule has 0 amide bonds. The molecule has 0 rings (SSSR count). The van der Waals surface area contributed by atoms with Gasteiger partial charge in [-0.2, -0.15) is 0 Å². The topological polar surface area (TPSA) is 65.0 Å². The van der Waals surface area contributed by atoms with Crippen molar-refractivity contribution in [3.05, 3.63) is 0 Å². The molecule has 0 unspecified atom stereocenters. The molecule has 0 aromatic rings. The Morgan fingerprint density at radius 2 is 1.57 bits per heavy atom. The minimum absolute atomic E-state index is 0.122. The molecule has 0 fully saturated rings. The van der Waals surface area contributed by atoms with Crippen LogP contribution in [0.5, 0.6) is 0 Å². The zero-order chi connectivity index (χ0) is 22.0.